The summed E-state index contributed by atoms with van der Waals surface area (Å²) in [6.07, 6.45) is 6.77. The summed E-state index contributed by atoms with van der Waals surface area (Å²) < 4.78 is 0. The SMILES string of the molecule is CC.CC.CC(C)=O.CCC.CCCC(C)CCC.Cc1cccc(Cl)c1. The third-order valence-corrected chi connectivity index (χ3v) is 2.78. The van der Waals surface area contributed by atoms with Crippen molar-refractivity contribution in [2.45, 2.75) is 115 Å². The van der Waals surface area contributed by atoms with Crippen molar-refractivity contribution >= 4 is 17.4 Å². The van der Waals surface area contributed by atoms with Crippen LogP contribution in [-0.4, -0.2) is 5.78 Å². The van der Waals surface area contributed by atoms with E-state index in [4.69, 9.17) is 11.6 Å². The van der Waals surface area contributed by atoms with Gasteiger partial charge in [-0.3, -0.25) is 0 Å². The van der Waals surface area contributed by atoms with E-state index in [0.717, 1.165) is 10.9 Å². The highest BCUT2D eigenvalue weighted by atomic mass is 35.5. The molecule has 0 bridgehead atoms. The van der Waals surface area contributed by atoms with Crippen molar-refractivity contribution in [3.05, 3.63) is 34.9 Å². The summed E-state index contributed by atoms with van der Waals surface area (Å²) in [6.45, 7) is 24.2. The van der Waals surface area contributed by atoms with Gasteiger partial charge in [0.15, 0.2) is 0 Å². The Kier molecular flexibility index (Phi) is 49.5. The summed E-state index contributed by atoms with van der Waals surface area (Å²) in [4.78, 5) is 9.44. The number of carbonyl (C=O) groups excluding carboxylic acids is 1. The van der Waals surface area contributed by atoms with Gasteiger partial charge in [0.25, 0.3) is 0 Å². The van der Waals surface area contributed by atoms with Gasteiger partial charge in [-0.25, -0.2) is 0 Å². The standard InChI is InChI=1S/C8H18.C7H7Cl.C3H6O.C3H8.2C2H6/c1-4-6-8(3)7-5-2;1-6-3-2-4-7(8)5-6;1-3(2)4;1-3-2;2*1-2/h8H,4-7H2,1-3H3;2-5H,1H3;1-2H3;3H2,1-2H3;2*1-2H3. The second kappa shape index (κ2) is 36.2. The molecule has 164 valence electrons. The number of aryl methyl sites for hydroxylation is 1. The minimum atomic E-state index is 0.167. The van der Waals surface area contributed by atoms with Crippen LogP contribution in [0.4, 0.5) is 0 Å². The van der Waals surface area contributed by atoms with Crippen molar-refractivity contribution in [3.63, 3.8) is 0 Å². The summed E-state index contributed by atoms with van der Waals surface area (Å²) in [6, 6.07) is 7.76. The smallest absolute Gasteiger partial charge is 0.126 e. The lowest BCUT2D eigenvalue weighted by molar-refractivity contribution is -0.114. The van der Waals surface area contributed by atoms with E-state index in [-0.39, 0.29) is 5.78 Å². The van der Waals surface area contributed by atoms with Gasteiger partial charge in [-0.05, 0) is 44.4 Å². The maximum atomic E-state index is 9.44. The number of Topliss-reactive ketones (excluding diaryl/α,β-unsaturated/α-hetero) is 1. The molecule has 1 nitrogen and oxygen atoms in total. The second-order valence-corrected chi connectivity index (χ2v) is 6.53. The quantitative estimate of drug-likeness (QED) is 0.489. The predicted molar refractivity (Wildman–Crippen MR) is 130 cm³/mol. The van der Waals surface area contributed by atoms with Crippen molar-refractivity contribution in [1.82, 2.24) is 0 Å². The molecule has 0 unspecified atom stereocenters. The number of ketones is 1. The molecular formula is C25H51ClO. The topological polar surface area (TPSA) is 17.1 Å². The van der Waals surface area contributed by atoms with Gasteiger partial charge in [-0.2, -0.15) is 0 Å². The lowest BCUT2D eigenvalue weighted by Gasteiger charge is -2.05. The third-order valence-electron chi connectivity index (χ3n) is 2.54. The van der Waals surface area contributed by atoms with E-state index in [1.807, 2.05) is 58.9 Å². The predicted octanol–water partition coefficient (Wildman–Crippen LogP) is 9.94. The van der Waals surface area contributed by atoms with Gasteiger partial charge in [0.2, 0.25) is 0 Å². The first-order valence-electron chi connectivity index (χ1n) is 10.9. The molecule has 0 N–H and O–H groups in total. The molecule has 0 atom stereocenters. The average molecular weight is 403 g/mol. The third kappa shape index (κ3) is 58.7. The van der Waals surface area contributed by atoms with Gasteiger partial charge in [-0.1, -0.05) is 118 Å². The van der Waals surface area contributed by atoms with E-state index < -0.39 is 0 Å². The Morgan fingerprint density at radius 2 is 1.26 bits per heavy atom. The first kappa shape index (κ1) is 37.0. The van der Waals surface area contributed by atoms with Crippen LogP contribution >= 0.6 is 11.6 Å². The highest BCUT2D eigenvalue weighted by Crippen LogP contribution is 2.10. The fraction of sp³-hybridized carbons (Fsp3) is 0.720. The molecule has 1 aromatic rings. The lowest BCUT2D eigenvalue weighted by atomic mass is 10.0. The van der Waals surface area contributed by atoms with E-state index in [0.29, 0.717) is 0 Å². The minimum absolute atomic E-state index is 0.167. The highest BCUT2D eigenvalue weighted by Gasteiger charge is 1.95. The van der Waals surface area contributed by atoms with Gasteiger partial charge in [-0.15, -0.1) is 0 Å². The van der Waals surface area contributed by atoms with Crippen molar-refractivity contribution in [2.24, 2.45) is 5.92 Å². The summed E-state index contributed by atoms with van der Waals surface area (Å²) in [5.41, 5.74) is 1.21. The molecule has 1 rings (SSSR count). The van der Waals surface area contributed by atoms with Crippen molar-refractivity contribution in [3.8, 4) is 0 Å². The Balaban J connectivity index is -0.0000000794. The molecule has 0 aromatic heterocycles. The monoisotopic (exact) mass is 402 g/mol. The lowest BCUT2D eigenvalue weighted by Crippen LogP contribution is -1.91. The molecule has 0 saturated heterocycles. The summed E-state index contributed by atoms with van der Waals surface area (Å²) >= 11 is 5.64. The molecule has 0 radical (unpaired) electrons. The first-order chi connectivity index (χ1) is 12.7. The van der Waals surface area contributed by atoms with Crippen molar-refractivity contribution in [1.29, 1.82) is 0 Å². The van der Waals surface area contributed by atoms with Gasteiger partial charge in [0.05, 0.1) is 0 Å². The number of rotatable bonds is 4. The summed E-state index contributed by atoms with van der Waals surface area (Å²) in [5.74, 6) is 1.13. The normalized spacial score (nSPS) is 7.93. The van der Waals surface area contributed by atoms with E-state index in [1.54, 1.807) is 0 Å². The molecule has 0 saturated carbocycles. The highest BCUT2D eigenvalue weighted by molar-refractivity contribution is 6.30. The molecule has 0 aliphatic carbocycles. The molecule has 1 aromatic carbocycles. The number of halogens is 1. The molecule has 0 amide bonds. The van der Waals surface area contributed by atoms with Crippen LogP contribution in [0.1, 0.15) is 114 Å². The van der Waals surface area contributed by atoms with Crippen LogP contribution < -0.4 is 0 Å². The van der Waals surface area contributed by atoms with Crippen LogP contribution in [-0.2, 0) is 4.79 Å². The summed E-state index contributed by atoms with van der Waals surface area (Å²) in [5, 5.41) is 0.810. The van der Waals surface area contributed by atoms with Crippen LogP contribution in [0.25, 0.3) is 0 Å². The molecule has 0 fully saturated rings. The number of benzene rings is 1. The van der Waals surface area contributed by atoms with E-state index >= 15 is 0 Å². The van der Waals surface area contributed by atoms with Crippen LogP contribution in [0.2, 0.25) is 5.02 Å². The maximum Gasteiger partial charge on any atom is 0.126 e. The first-order valence-corrected chi connectivity index (χ1v) is 11.3. The van der Waals surface area contributed by atoms with Crippen LogP contribution in [0, 0.1) is 12.8 Å². The molecule has 0 heterocycles. The zero-order valence-corrected chi connectivity index (χ0v) is 21.5. The number of carbonyl (C=O) groups is 1. The zero-order valence-electron chi connectivity index (χ0n) is 20.7. The minimum Gasteiger partial charge on any atom is -0.300 e. The Labute approximate surface area is 178 Å². The Morgan fingerprint density at radius 1 is 0.926 bits per heavy atom. The number of hydrogen-bond donors (Lipinski definition) is 0. The molecule has 2 heteroatoms. The van der Waals surface area contributed by atoms with Crippen LogP contribution in [0.5, 0.6) is 0 Å². The average Bonchev–Trinajstić information content (AvgIpc) is 2.59. The zero-order chi connectivity index (χ0) is 22.7. The Bertz CT molecular complexity index is 334. The van der Waals surface area contributed by atoms with E-state index in [9.17, 15) is 4.79 Å². The number of hydrogen-bond acceptors (Lipinski definition) is 1. The van der Waals surface area contributed by atoms with E-state index in [2.05, 4.69) is 34.6 Å². The van der Waals surface area contributed by atoms with Gasteiger partial charge in [0, 0.05) is 5.02 Å². The second-order valence-electron chi connectivity index (χ2n) is 6.10. The van der Waals surface area contributed by atoms with E-state index in [1.165, 1.54) is 51.5 Å². The van der Waals surface area contributed by atoms with Crippen LogP contribution in [0.3, 0.4) is 0 Å². The van der Waals surface area contributed by atoms with Crippen molar-refractivity contribution in [2.75, 3.05) is 0 Å². The van der Waals surface area contributed by atoms with Gasteiger partial charge < -0.3 is 4.79 Å². The van der Waals surface area contributed by atoms with Gasteiger partial charge >= 0.3 is 0 Å². The molecule has 0 aliphatic heterocycles. The molecule has 27 heavy (non-hydrogen) atoms. The maximum absolute atomic E-state index is 9.44. The molecule has 0 spiro atoms. The summed E-state index contributed by atoms with van der Waals surface area (Å²) in [7, 11) is 0. The van der Waals surface area contributed by atoms with Crippen LogP contribution in [0.15, 0.2) is 24.3 Å². The van der Waals surface area contributed by atoms with Gasteiger partial charge in [0.1, 0.15) is 5.78 Å². The fourth-order valence-electron chi connectivity index (χ4n) is 1.74. The largest absolute Gasteiger partial charge is 0.300 e. The van der Waals surface area contributed by atoms with Crippen molar-refractivity contribution < 1.29 is 4.79 Å². The molecule has 0 aliphatic rings. The Morgan fingerprint density at radius 3 is 1.44 bits per heavy atom. The Hall–Kier alpha value is -0.820. The molecular weight excluding hydrogens is 352 g/mol. The fourth-order valence-corrected chi connectivity index (χ4v) is 1.98.